The summed E-state index contributed by atoms with van der Waals surface area (Å²) in [6.45, 7) is 0.827. The first kappa shape index (κ1) is 14.7. The van der Waals surface area contributed by atoms with Crippen LogP contribution in [0.15, 0.2) is 51.9 Å². The van der Waals surface area contributed by atoms with Gasteiger partial charge in [-0.2, -0.15) is 0 Å². The molecular weight excluding hydrogens is 340 g/mol. The third-order valence-electron chi connectivity index (χ3n) is 2.70. The zero-order valence-electron chi connectivity index (χ0n) is 10.6. The number of nitrogens with two attached hydrogens (primary N) is 1. The molecule has 0 radical (unpaired) electrons. The molecule has 0 aliphatic heterocycles. The molecule has 104 valence electrons. The molecule has 0 unspecified atom stereocenters. The summed E-state index contributed by atoms with van der Waals surface area (Å²) in [4.78, 5) is 11.8. The summed E-state index contributed by atoms with van der Waals surface area (Å²) in [5.41, 5.74) is 6.29. The summed E-state index contributed by atoms with van der Waals surface area (Å²) in [6, 6.07) is 10.5. The Balaban J connectivity index is 2.07. The van der Waals surface area contributed by atoms with Crippen molar-refractivity contribution < 1.29 is 4.74 Å². The van der Waals surface area contributed by atoms with Crippen molar-refractivity contribution in [3.8, 4) is 5.75 Å². The minimum atomic E-state index is -0.0542. The maximum absolute atomic E-state index is 11.5. The molecule has 0 aliphatic rings. The Labute approximate surface area is 130 Å². The Hall–Kier alpha value is -1.66. The molecule has 0 saturated heterocycles. The van der Waals surface area contributed by atoms with E-state index in [0.29, 0.717) is 24.5 Å². The van der Waals surface area contributed by atoms with E-state index in [0.717, 1.165) is 4.47 Å². The average molecular weight is 353 g/mol. The third-order valence-corrected chi connectivity index (χ3v) is 3.41. The van der Waals surface area contributed by atoms with Crippen LogP contribution in [-0.4, -0.2) is 16.2 Å². The van der Waals surface area contributed by atoms with Gasteiger partial charge >= 0.3 is 0 Å². The lowest BCUT2D eigenvalue weighted by atomic mass is 10.2. The van der Waals surface area contributed by atoms with Crippen LogP contribution in [0.5, 0.6) is 5.75 Å². The van der Waals surface area contributed by atoms with Crippen molar-refractivity contribution in [1.29, 1.82) is 0 Å². The molecule has 4 nitrogen and oxygen atoms in total. The molecule has 0 fully saturated rings. The van der Waals surface area contributed by atoms with Gasteiger partial charge < -0.3 is 15.0 Å². The van der Waals surface area contributed by atoms with Gasteiger partial charge in [-0.3, -0.25) is 4.79 Å². The van der Waals surface area contributed by atoms with Gasteiger partial charge in [-0.1, -0.05) is 34.2 Å². The van der Waals surface area contributed by atoms with E-state index in [9.17, 15) is 4.79 Å². The molecule has 2 aromatic rings. The predicted molar refractivity (Wildman–Crippen MR) is 86.2 cm³/mol. The monoisotopic (exact) mass is 352 g/mol. The minimum Gasteiger partial charge on any atom is -0.491 e. The van der Waals surface area contributed by atoms with E-state index in [1.54, 1.807) is 22.9 Å². The molecule has 2 rings (SSSR count). The molecule has 20 heavy (non-hydrogen) atoms. The normalized spacial score (nSPS) is 10.2. The van der Waals surface area contributed by atoms with Crippen molar-refractivity contribution in [1.82, 2.24) is 4.57 Å². The van der Waals surface area contributed by atoms with E-state index < -0.39 is 0 Å². The van der Waals surface area contributed by atoms with Crippen LogP contribution in [-0.2, 0) is 6.54 Å². The molecule has 6 heteroatoms. The summed E-state index contributed by atoms with van der Waals surface area (Å²) in [5.74, 6) is 0.615. The van der Waals surface area contributed by atoms with Crippen LogP contribution in [0, 0.1) is 0 Å². The van der Waals surface area contributed by atoms with Gasteiger partial charge in [0.15, 0.2) is 0 Å². The number of halogens is 1. The van der Waals surface area contributed by atoms with Gasteiger partial charge in [0.25, 0.3) is 5.56 Å². The first-order valence-corrected chi connectivity index (χ1v) is 7.15. The standard InChI is InChI=1S/C14H13BrN2O2S/c15-10-4-5-12(11(9-10)14(16)20)19-8-7-17-6-2-1-3-13(17)18/h1-6,9H,7-8H2,(H2,16,20). The molecule has 0 bridgehead atoms. The van der Waals surface area contributed by atoms with Crippen molar-refractivity contribution >= 4 is 33.1 Å². The Kier molecular flexibility index (Phi) is 4.92. The average Bonchev–Trinajstić information content (AvgIpc) is 2.42. The van der Waals surface area contributed by atoms with Gasteiger partial charge in [-0.05, 0) is 24.3 Å². The summed E-state index contributed by atoms with van der Waals surface area (Å²) in [5, 5.41) is 0. The van der Waals surface area contributed by atoms with E-state index in [4.69, 9.17) is 22.7 Å². The minimum absolute atomic E-state index is 0.0542. The second-order valence-corrected chi connectivity index (χ2v) is 5.44. The highest BCUT2D eigenvalue weighted by atomic mass is 79.9. The topological polar surface area (TPSA) is 57.2 Å². The summed E-state index contributed by atoms with van der Waals surface area (Å²) >= 11 is 8.36. The van der Waals surface area contributed by atoms with Crippen molar-refractivity contribution in [3.63, 3.8) is 0 Å². The van der Waals surface area contributed by atoms with Crippen LogP contribution in [0.4, 0.5) is 0 Å². The fourth-order valence-corrected chi connectivity index (χ4v) is 2.24. The number of aromatic nitrogens is 1. The quantitative estimate of drug-likeness (QED) is 0.839. The molecule has 2 N–H and O–H groups in total. The van der Waals surface area contributed by atoms with Crippen LogP contribution < -0.4 is 16.0 Å². The lowest BCUT2D eigenvalue weighted by Crippen LogP contribution is -2.21. The van der Waals surface area contributed by atoms with Crippen LogP contribution in [0.25, 0.3) is 0 Å². The van der Waals surface area contributed by atoms with Gasteiger partial charge in [0.1, 0.15) is 17.3 Å². The number of hydrogen-bond acceptors (Lipinski definition) is 3. The molecule has 0 amide bonds. The number of hydrogen-bond donors (Lipinski definition) is 1. The highest BCUT2D eigenvalue weighted by molar-refractivity contribution is 9.10. The molecule has 1 aromatic heterocycles. The van der Waals surface area contributed by atoms with Crippen molar-refractivity contribution in [2.75, 3.05) is 6.61 Å². The highest BCUT2D eigenvalue weighted by Gasteiger charge is 2.07. The molecule has 0 saturated carbocycles. The molecule has 0 aliphatic carbocycles. The first-order chi connectivity index (χ1) is 9.58. The van der Waals surface area contributed by atoms with Gasteiger partial charge in [0.2, 0.25) is 0 Å². The Bertz CT molecular complexity index is 685. The zero-order valence-corrected chi connectivity index (χ0v) is 13.0. The first-order valence-electron chi connectivity index (χ1n) is 5.95. The van der Waals surface area contributed by atoms with E-state index in [-0.39, 0.29) is 10.5 Å². The Morgan fingerprint density at radius 1 is 1.35 bits per heavy atom. The molecule has 1 aromatic carbocycles. The number of pyridine rings is 1. The number of nitrogens with zero attached hydrogens (tertiary/aromatic N) is 1. The van der Waals surface area contributed by atoms with Crippen molar-refractivity contribution in [2.45, 2.75) is 6.54 Å². The fourth-order valence-electron chi connectivity index (χ4n) is 1.72. The number of rotatable bonds is 5. The van der Waals surface area contributed by atoms with Crippen LogP contribution in [0.3, 0.4) is 0 Å². The number of thiocarbonyl (C=S) groups is 1. The van der Waals surface area contributed by atoms with Gasteiger partial charge in [0, 0.05) is 16.7 Å². The van der Waals surface area contributed by atoms with Gasteiger partial charge in [-0.25, -0.2) is 0 Å². The van der Waals surface area contributed by atoms with E-state index in [1.165, 1.54) is 6.07 Å². The summed E-state index contributed by atoms with van der Waals surface area (Å²) < 4.78 is 8.13. The molecular formula is C14H13BrN2O2S. The number of benzene rings is 1. The smallest absolute Gasteiger partial charge is 0.250 e. The third kappa shape index (κ3) is 3.68. The van der Waals surface area contributed by atoms with Crippen LogP contribution in [0.2, 0.25) is 0 Å². The molecule has 1 heterocycles. The van der Waals surface area contributed by atoms with Gasteiger partial charge in [0.05, 0.1) is 12.1 Å². The second kappa shape index (κ2) is 6.67. The van der Waals surface area contributed by atoms with E-state index >= 15 is 0 Å². The SMILES string of the molecule is NC(=S)c1cc(Br)ccc1OCCn1ccccc1=O. The maximum Gasteiger partial charge on any atom is 0.250 e. The molecule has 0 atom stereocenters. The Morgan fingerprint density at radius 3 is 2.85 bits per heavy atom. The predicted octanol–water partition coefficient (Wildman–Crippen LogP) is 2.32. The zero-order chi connectivity index (χ0) is 14.5. The lowest BCUT2D eigenvalue weighted by molar-refractivity contribution is 0.296. The maximum atomic E-state index is 11.5. The van der Waals surface area contributed by atoms with Crippen molar-refractivity contribution in [3.05, 3.63) is 63.0 Å². The fraction of sp³-hybridized carbons (Fsp3) is 0.143. The van der Waals surface area contributed by atoms with Crippen LogP contribution >= 0.6 is 28.1 Å². The molecule has 0 spiro atoms. The largest absolute Gasteiger partial charge is 0.491 e. The Morgan fingerprint density at radius 2 is 2.15 bits per heavy atom. The highest BCUT2D eigenvalue weighted by Crippen LogP contribution is 2.23. The van der Waals surface area contributed by atoms with Crippen LogP contribution in [0.1, 0.15) is 5.56 Å². The van der Waals surface area contributed by atoms with E-state index in [1.807, 2.05) is 18.2 Å². The second-order valence-electron chi connectivity index (χ2n) is 4.09. The lowest BCUT2D eigenvalue weighted by Gasteiger charge is -2.12. The summed E-state index contributed by atoms with van der Waals surface area (Å²) in [7, 11) is 0. The summed E-state index contributed by atoms with van der Waals surface area (Å²) in [6.07, 6.45) is 1.72. The number of ether oxygens (including phenoxy) is 1. The van der Waals surface area contributed by atoms with E-state index in [2.05, 4.69) is 15.9 Å². The van der Waals surface area contributed by atoms with Crippen molar-refractivity contribution in [2.24, 2.45) is 5.73 Å². The van der Waals surface area contributed by atoms with Gasteiger partial charge in [-0.15, -0.1) is 0 Å².